The summed E-state index contributed by atoms with van der Waals surface area (Å²) < 4.78 is 11.6. The number of hydrogen-bond donors (Lipinski definition) is 2. The van der Waals surface area contributed by atoms with Gasteiger partial charge in [0.05, 0.1) is 7.11 Å². The van der Waals surface area contributed by atoms with Crippen LogP contribution in [0.2, 0.25) is 0 Å². The number of nitrogens with one attached hydrogen (secondary N) is 2. The van der Waals surface area contributed by atoms with Crippen LogP contribution < -0.4 is 20.1 Å². The number of ether oxygens (including phenoxy) is 2. The summed E-state index contributed by atoms with van der Waals surface area (Å²) in [5.41, 5.74) is 2.57. The van der Waals surface area contributed by atoms with E-state index in [0.717, 1.165) is 5.56 Å². The van der Waals surface area contributed by atoms with Crippen LogP contribution in [0.25, 0.3) is 6.08 Å². The summed E-state index contributed by atoms with van der Waals surface area (Å²) >= 11 is 3.45. The second kappa shape index (κ2) is 10.3. The lowest BCUT2D eigenvalue weighted by atomic mass is 10.1. The lowest BCUT2D eigenvalue weighted by molar-refractivity contribution is -0.123. The van der Waals surface area contributed by atoms with Crippen molar-refractivity contribution in [1.82, 2.24) is 10.2 Å². The molecule has 2 aromatic rings. The number of hydrogen-bond acceptors (Lipinski definition) is 5. The van der Waals surface area contributed by atoms with Crippen molar-refractivity contribution in [1.29, 1.82) is 0 Å². The van der Waals surface area contributed by atoms with Gasteiger partial charge in [0.2, 0.25) is 0 Å². The van der Waals surface area contributed by atoms with Gasteiger partial charge in [0, 0.05) is 16.7 Å². The van der Waals surface area contributed by atoms with E-state index in [1.54, 1.807) is 18.2 Å². The molecule has 2 aromatic carbocycles. The number of carbonyl (C=O) groups excluding carboxylic acids is 3. The predicted molar refractivity (Wildman–Crippen MR) is 125 cm³/mol. The van der Waals surface area contributed by atoms with Crippen molar-refractivity contribution in [2.24, 2.45) is 0 Å². The fraction of sp³-hybridized carbons (Fsp3) is 0.261. The molecular weight excluding hydrogens is 478 g/mol. The molecule has 1 heterocycles. The number of rotatable bonds is 8. The van der Waals surface area contributed by atoms with E-state index in [2.05, 4.69) is 26.6 Å². The largest absolute Gasteiger partial charge is 0.493 e. The molecule has 0 spiro atoms. The number of halogens is 1. The molecule has 1 saturated heterocycles. The van der Waals surface area contributed by atoms with E-state index in [-0.39, 0.29) is 24.1 Å². The Morgan fingerprint density at radius 1 is 1.19 bits per heavy atom. The Labute approximate surface area is 194 Å². The standard InChI is InChI=1S/C23H24BrN3O5/c1-4-9-27-22(29)18(26-23(27)30)10-15-11-19(31-3)20(12-17(15)24)32-13-21(28)25-16-7-5-14(2)6-8-16/h5-8,10-12H,4,9,13H2,1-3H3,(H,25,28)(H,26,30)/b18-10+. The van der Waals surface area contributed by atoms with Crippen LogP contribution in [-0.2, 0) is 9.59 Å². The first-order chi connectivity index (χ1) is 15.3. The molecule has 0 saturated carbocycles. The highest BCUT2D eigenvalue weighted by atomic mass is 79.9. The Morgan fingerprint density at radius 2 is 1.91 bits per heavy atom. The van der Waals surface area contributed by atoms with E-state index in [9.17, 15) is 14.4 Å². The average Bonchev–Trinajstić information content (AvgIpc) is 3.03. The number of benzene rings is 2. The Kier molecular flexibility index (Phi) is 7.53. The minimum Gasteiger partial charge on any atom is -0.493 e. The molecule has 0 unspecified atom stereocenters. The van der Waals surface area contributed by atoms with Crippen molar-refractivity contribution in [3.05, 3.63) is 57.7 Å². The molecule has 1 aliphatic rings. The smallest absolute Gasteiger partial charge is 0.329 e. The van der Waals surface area contributed by atoms with E-state index in [1.165, 1.54) is 12.0 Å². The van der Waals surface area contributed by atoms with Crippen LogP contribution >= 0.6 is 15.9 Å². The SMILES string of the molecule is CCCN1C(=O)N/C(=C/c2cc(OC)c(OCC(=O)Nc3ccc(C)cc3)cc2Br)C1=O. The minimum atomic E-state index is -0.439. The fourth-order valence-electron chi connectivity index (χ4n) is 3.06. The number of nitrogens with zero attached hydrogens (tertiary/aromatic N) is 1. The highest BCUT2D eigenvalue weighted by Crippen LogP contribution is 2.35. The lowest BCUT2D eigenvalue weighted by Gasteiger charge is -2.13. The van der Waals surface area contributed by atoms with E-state index >= 15 is 0 Å². The van der Waals surface area contributed by atoms with Gasteiger partial charge in [0.1, 0.15) is 5.70 Å². The summed E-state index contributed by atoms with van der Waals surface area (Å²) in [5, 5.41) is 5.35. The Hall–Kier alpha value is -3.33. The third kappa shape index (κ3) is 5.47. The zero-order valence-electron chi connectivity index (χ0n) is 18.0. The highest BCUT2D eigenvalue weighted by Gasteiger charge is 2.32. The van der Waals surface area contributed by atoms with Crippen LogP contribution in [0.4, 0.5) is 10.5 Å². The molecule has 0 bridgehead atoms. The molecular formula is C23H24BrN3O5. The third-order valence-corrected chi connectivity index (χ3v) is 5.37. The summed E-state index contributed by atoms with van der Waals surface area (Å²) in [6.07, 6.45) is 2.24. The van der Waals surface area contributed by atoms with Crippen LogP contribution in [0.5, 0.6) is 11.5 Å². The molecule has 9 heteroatoms. The molecule has 2 N–H and O–H groups in total. The van der Waals surface area contributed by atoms with Crippen LogP contribution in [0.1, 0.15) is 24.5 Å². The lowest BCUT2D eigenvalue weighted by Crippen LogP contribution is -2.31. The second-order valence-corrected chi connectivity index (χ2v) is 8.03. The molecule has 168 valence electrons. The maximum atomic E-state index is 12.4. The minimum absolute atomic E-state index is 0.178. The normalized spacial score (nSPS) is 14.5. The van der Waals surface area contributed by atoms with Crippen LogP contribution in [-0.4, -0.2) is 43.0 Å². The van der Waals surface area contributed by atoms with Gasteiger partial charge >= 0.3 is 6.03 Å². The van der Waals surface area contributed by atoms with Gasteiger partial charge in [-0.2, -0.15) is 0 Å². The number of amides is 4. The first kappa shape index (κ1) is 23.3. The van der Waals surface area contributed by atoms with Crippen molar-refractivity contribution in [3.8, 4) is 11.5 Å². The molecule has 0 aliphatic carbocycles. The van der Waals surface area contributed by atoms with E-state index in [4.69, 9.17) is 9.47 Å². The molecule has 32 heavy (non-hydrogen) atoms. The molecule has 0 aromatic heterocycles. The molecule has 0 atom stereocenters. The number of imide groups is 1. The first-order valence-electron chi connectivity index (χ1n) is 10.0. The number of urea groups is 1. The van der Waals surface area contributed by atoms with Crippen LogP contribution in [0.15, 0.2) is 46.6 Å². The van der Waals surface area contributed by atoms with Crippen LogP contribution in [0, 0.1) is 6.92 Å². The Bertz CT molecular complexity index is 1070. The maximum Gasteiger partial charge on any atom is 0.329 e. The summed E-state index contributed by atoms with van der Waals surface area (Å²) in [4.78, 5) is 37.8. The third-order valence-electron chi connectivity index (χ3n) is 4.69. The highest BCUT2D eigenvalue weighted by molar-refractivity contribution is 9.10. The average molecular weight is 502 g/mol. The number of anilines is 1. The Balaban J connectivity index is 1.72. The molecule has 4 amide bonds. The fourth-order valence-corrected chi connectivity index (χ4v) is 3.50. The monoisotopic (exact) mass is 501 g/mol. The van der Waals surface area contributed by atoms with Gasteiger partial charge < -0.3 is 20.1 Å². The van der Waals surface area contributed by atoms with Crippen molar-refractivity contribution in [2.45, 2.75) is 20.3 Å². The summed E-state index contributed by atoms with van der Waals surface area (Å²) in [7, 11) is 1.48. The topological polar surface area (TPSA) is 97.0 Å². The summed E-state index contributed by atoms with van der Waals surface area (Å²) in [6.45, 7) is 4.00. The first-order valence-corrected chi connectivity index (χ1v) is 10.8. The molecule has 8 nitrogen and oxygen atoms in total. The predicted octanol–water partition coefficient (Wildman–Crippen LogP) is 4.09. The summed E-state index contributed by atoms with van der Waals surface area (Å²) in [6, 6.07) is 10.3. The van der Waals surface area contributed by atoms with Gasteiger partial charge in [0.15, 0.2) is 18.1 Å². The molecule has 3 rings (SSSR count). The van der Waals surface area contributed by atoms with Gasteiger partial charge in [-0.25, -0.2) is 4.79 Å². The molecule has 0 radical (unpaired) electrons. The maximum absolute atomic E-state index is 12.4. The van der Waals surface area contributed by atoms with Gasteiger partial charge in [-0.3, -0.25) is 14.5 Å². The van der Waals surface area contributed by atoms with E-state index < -0.39 is 6.03 Å². The van der Waals surface area contributed by atoms with E-state index in [1.807, 2.05) is 38.1 Å². The number of methoxy groups -OCH3 is 1. The van der Waals surface area contributed by atoms with Gasteiger partial charge in [-0.1, -0.05) is 40.5 Å². The summed E-state index contributed by atoms with van der Waals surface area (Å²) in [5.74, 6) is 0.0460. The van der Waals surface area contributed by atoms with E-state index in [0.29, 0.717) is 40.2 Å². The van der Waals surface area contributed by atoms with Gasteiger partial charge in [-0.15, -0.1) is 0 Å². The second-order valence-electron chi connectivity index (χ2n) is 7.17. The zero-order valence-corrected chi connectivity index (χ0v) is 19.6. The van der Waals surface area contributed by atoms with Crippen molar-refractivity contribution in [2.75, 3.05) is 25.6 Å². The van der Waals surface area contributed by atoms with Gasteiger partial charge in [-0.05, 0) is 49.2 Å². The van der Waals surface area contributed by atoms with Gasteiger partial charge in [0.25, 0.3) is 11.8 Å². The van der Waals surface area contributed by atoms with Crippen molar-refractivity contribution in [3.63, 3.8) is 0 Å². The zero-order chi connectivity index (χ0) is 23.3. The molecule has 1 fully saturated rings. The number of aryl methyl sites for hydroxylation is 1. The van der Waals surface area contributed by atoms with Crippen LogP contribution in [0.3, 0.4) is 0 Å². The Morgan fingerprint density at radius 3 is 2.56 bits per heavy atom. The van der Waals surface area contributed by atoms with Crippen molar-refractivity contribution < 1.29 is 23.9 Å². The van der Waals surface area contributed by atoms with Crippen molar-refractivity contribution >= 4 is 45.5 Å². The molecule has 1 aliphatic heterocycles. The number of carbonyl (C=O) groups is 3. The quantitative estimate of drug-likeness (QED) is 0.419.